The molecule has 0 radical (unpaired) electrons. The molecule has 0 unspecified atom stereocenters. The maximum atomic E-state index is 11.6. The van der Waals surface area contributed by atoms with Gasteiger partial charge in [0, 0.05) is 16.6 Å². The summed E-state index contributed by atoms with van der Waals surface area (Å²) in [5, 5.41) is 1.65. The van der Waals surface area contributed by atoms with Crippen molar-refractivity contribution >= 4 is 44.4 Å². The van der Waals surface area contributed by atoms with E-state index >= 15 is 0 Å². The van der Waals surface area contributed by atoms with Crippen molar-refractivity contribution in [2.75, 3.05) is 0 Å². The highest BCUT2D eigenvalue weighted by Gasteiger charge is 2.15. The molecule has 0 atom stereocenters. The fourth-order valence-corrected chi connectivity index (χ4v) is 3.27. The van der Waals surface area contributed by atoms with Gasteiger partial charge >= 0.3 is 0 Å². The summed E-state index contributed by atoms with van der Waals surface area (Å²) >= 11 is 5.93. The molecule has 3 rings (SSSR count). The van der Waals surface area contributed by atoms with Crippen LogP contribution >= 0.6 is 11.6 Å². The van der Waals surface area contributed by atoms with E-state index in [-0.39, 0.29) is 4.90 Å². The second-order valence-electron chi connectivity index (χ2n) is 4.92. The standard InChI is InChI=1S/C17H12ClNO3S/c18-14-7-1-4-12(10-14)11-19-15-8-2-5-13-6-3-9-16(17(13)15)23(20,21)22/h1-11H,(H,20,21,22). The van der Waals surface area contributed by atoms with Crippen molar-refractivity contribution in [1.82, 2.24) is 0 Å². The minimum Gasteiger partial charge on any atom is -0.282 e. The van der Waals surface area contributed by atoms with E-state index < -0.39 is 10.1 Å². The number of hydrogen-bond acceptors (Lipinski definition) is 3. The van der Waals surface area contributed by atoms with Crippen LogP contribution < -0.4 is 0 Å². The van der Waals surface area contributed by atoms with E-state index in [9.17, 15) is 13.0 Å². The van der Waals surface area contributed by atoms with Gasteiger partial charge in [0.05, 0.1) is 5.69 Å². The molecular formula is C17H12ClNO3S. The van der Waals surface area contributed by atoms with Crippen molar-refractivity contribution in [3.8, 4) is 0 Å². The van der Waals surface area contributed by atoms with Crippen molar-refractivity contribution in [2.24, 2.45) is 4.99 Å². The largest absolute Gasteiger partial charge is 0.295 e. The van der Waals surface area contributed by atoms with Crippen LogP contribution in [0.25, 0.3) is 10.8 Å². The molecule has 0 heterocycles. The lowest BCUT2D eigenvalue weighted by atomic mass is 10.1. The SMILES string of the molecule is O=S(=O)(O)c1cccc2cccc(N=Cc3cccc(Cl)c3)c12. The molecule has 0 bridgehead atoms. The Morgan fingerprint density at radius 1 is 1.00 bits per heavy atom. The van der Waals surface area contributed by atoms with Crippen molar-refractivity contribution in [3.05, 3.63) is 71.2 Å². The highest BCUT2D eigenvalue weighted by atomic mass is 35.5. The zero-order valence-electron chi connectivity index (χ0n) is 11.8. The molecule has 23 heavy (non-hydrogen) atoms. The molecule has 0 fully saturated rings. The van der Waals surface area contributed by atoms with Crippen molar-refractivity contribution in [3.63, 3.8) is 0 Å². The van der Waals surface area contributed by atoms with Gasteiger partial charge in [-0.15, -0.1) is 0 Å². The first-order valence-electron chi connectivity index (χ1n) is 6.74. The molecule has 0 aliphatic rings. The van der Waals surface area contributed by atoms with Gasteiger partial charge in [0.1, 0.15) is 4.90 Å². The normalized spacial score (nSPS) is 12.1. The summed E-state index contributed by atoms with van der Waals surface area (Å²) in [5.74, 6) is 0. The third-order valence-electron chi connectivity index (χ3n) is 3.32. The predicted octanol–water partition coefficient (Wildman–Crippen LogP) is 4.49. The Kier molecular flexibility index (Phi) is 4.17. The number of fused-ring (bicyclic) bond motifs is 1. The van der Waals surface area contributed by atoms with Gasteiger partial charge in [0.25, 0.3) is 10.1 Å². The fraction of sp³-hybridized carbons (Fsp3) is 0. The molecule has 116 valence electrons. The van der Waals surface area contributed by atoms with Gasteiger partial charge in [-0.2, -0.15) is 8.42 Å². The number of aliphatic imine (C=N–C) groups is 1. The average molecular weight is 346 g/mol. The van der Waals surface area contributed by atoms with Crippen LogP contribution in [0.4, 0.5) is 5.69 Å². The summed E-state index contributed by atoms with van der Waals surface area (Å²) < 4.78 is 32.6. The van der Waals surface area contributed by atoms with Crippen molar-refractivity contribution < 1.29 is 13.0 Å². The molecule has 6 heteroatoms. The molecule has 4 nitrogen and oxygen atoms in total. The third kappa shape index (κ3) is 3.42. The van der Waals surface area contributed by atoms with Gasteiger partial charge in [-0.25, -0.2) is 0 Å². The Bertz CT molecular complexity index is 1010. The van der Waals surface area contributed by atoms with Gasteiger partial charge in [-0.3, -0.25) is 9.55 Å². The minimum atomic E-state index is -4.34. The molecule has 0 aromatic heterocycles. The molecule has 0 amide bonds. The number of benzene rings is 3. The Balaban J connectivity index is 2.18. The Hall–Kier alpha value is -2.21. The summed E-state index contributed by atoms with van der Waals surface area (Å²) in [7, 11) is -4.34. The van der Waals surface area contributed by atoms with Crippen LogP contribution in [-0.4, -0.2) is 19.2 Å². The van der Waals surface area contributed by atoms with Crippen molar-refractivity contribution in [2.45, 2.75) is 4.90 Å². The lowest BCUT2D eigenvalue weighted by Crippen LogP contribution is -1.99. The zero-order chi connectivity index (χ0) is 16.4. The second kappa shape index (κ2) is 6.12. The van der Waals surface area contributed by atoms with Gasteiger partial charge in [-0.1, -0.05) is 48.0 Å². The monoisotopic (exact) mass is 345 g/mol. The first kappa shape index (κ1) is 15.7. The highest BCUT2D eigenvalue weighted by molar-refractivity contribution is 7.86. The predicted molar refractivity (Wildman–Crippen MR) is 92.5 cm³/mol. The van der Waals surface area contributed by atoms with Crippen LogP contribution in [0.2, 0.25) is 5.02 Å². The van der Waals surface area contributed by atoms with Crippen LogP contribution in [0.5, 0.6) is 0 Å². The van der Waals surface area contributed by atoms with E-state index in [4.69, 9.17) is 11.6 Å². The second-order valence-corrected chi connectivity index (χ2v) is 6.75. The maximum absolute atomic E-state index is 11.6. The average Bonchev–Trinajstić information content (AvgIpc) is 2.51. The molecule has 0 spiro atoms. The van der Waals surface area contributed by atoms with E-state index in [0.717, 1.165) is 5.56 Å². The van der Waals surface area contributed by atoms with Crippen LogP contribution in [-0.2, 0) is 10.1 Å². The summed E-state index contributed by atoms with van der Waals surface area (Å²) in [6.45, 7) is 0. The fourth-order valence-electron chi connectivity index (χ4n) is 2.34. The minimum absolute atomic E-state index is 0.158. The molecule has 3 aromatic carbocycles. The first-order valence-corrected chi connectivity index (χ1v) is 8.56. The first-order chi connectivity index (χ1) is 10.9. The van der Waals surface area contributed by atoms with E-state index in [0.29, 0.717) is 21.5 Å². The van der Waals surface area contributed by atoms with Crippen LogP contribution in [0, 0.1) is 0 Å². The van der Waals surface area contributed by atoms with E-state index in [2.05, 4.69) is 4.99 Å². The Morgan fingerprint density at radius 2 is 1.70 bits per heavy atom. The summed E-state index contributed by atoms with van der Waals surface area (Å²) in [6.07, 6.45) is 1.60. The molecule has 0 saturated heterocycles. The molecule has 0 aliphatic heterocycles. The quantitative estimate of drug-likeness (QED) is 0.561. The van der Waals surface area contributed by atoms with Crippen molar-refractivity contribution in [1.29, 1.82) is 0 Å². The molecule has 1 N–H and O–H groups in total. The van der Waals surface area contributed by atoms with Crippen LogP contribution in [0.3, 0.4) is 0 Å². The van der Waals surface area contributed by atoms with Crippen LogP contribution in [0.1, 0.15) is 5.56 Å². The Labute approximate surface area is 138 Å². The lowest BCUT2D eigenvalue weighted by molar-refractivity contribution is 0.484. The molecular weight excluding hydrogens is 334 g/mol. The van der Waals surface area contributed by atoms with E-state index in [1.807, 2.05) is 6.07 Å². The zero-order valence-corrected chi connectivity index (χ0v) is 13.4. The number of nitrogens with zero attached hydrogens (tertiary/aromatic N) is 1. The highest BCUT2D eigenvalue weighted by Crippen LogP contribution is 2.31. The Morgan fingerprint density at radius 3 is 2.39 bits per heavy atom. The van der Waals surface area contributed by atoms with Crippen LogP contribution in [0.15, 0.2) is 70.6 Å². The smallest absolute Gasteiger partial charge is 0.282 e. The van der Waals surface area contributed by atoms with Gasteiger partial charge < -0.3 is 0 Å². The third-order valence-corrected chi connectivity index (χ3v) is 4.45. The van der Waals surface area contributed by atoms with Gasteiger partial charge in [-0.05, 0) is 35.2 Å². The van der Waals surface area contributed by atoms with E-state index in [1.165, 1.54) is 6.07 Å². The summed E-state index contributed by atoms with van der Waals surface area (Å²) in [4.78, 5) is 4.20. The number of hydrogen-bond donors (Lipinski definition) is 1. The van der Waals surface area contributed by atoms with E-state index in [1.54, 1.807) is 54.7 Å². The molecule has 0 aliphatic carbocycles. The maximum Gasteiger partial charge on any atom is 0.295 e. The topological polar surface area (TPSA) is 66.7 Å². The number of halogens is 1. The van der Waals surface area contributed by atoms with Gasteiger partial charge in [0.2, 0.25) is 0 Å². The summed E-state index contributed by atoms with van der Waals surface area (Å²) in [6, 6.07) is 17.1. The lowest BCUT2D eigenvalue weighted by Gasteiger charge is -2.06. The van der Waals surface area contributed by atoms with Gasteiger partial charge in [0.15, 0.2) is 0 Å². The molecule has 0 saturated carbocycles. The molecule has 3 aromatic rings. The summed E-state index contributed by atoms with van der Waals surface area (Å²) in [5.41, 5.74) is 1.24. The number of rotatable bonds is 3.